The van der Waals surface area contributed by atoms with Crippen molar-refractivity contribution in [3.05, 3.63) is 146 Å². The molecule has 6 nitrogen and oxygen atoms in total. The molecule has 0 saturated carbocycles. The molecule has 6 heteroatoms. The molecule has 0 N–H and O–H groups in total. The molecule has 0 aliphatic carbocycles. The number of allylic oxidation sites excluding steroid dienone is 24. The highest BCUT2D eigenvalue weighted by atomic mass is 16.6. The third-order valence-electron chi connectivity index (χ3n) is 14.1. The Labute approximate surface area is 506 Å². The Morgan fingerprint density at radius 3 is 0.756 bits per heavy atom. The van der Waals surface area contributed by atoms with Crippen LogP contribution in [0.2, 0.25) is 0 Å². The van der Waals surface area contributed by atoms with Gasteiger partial charge in [-0.2, -0.15) is 0 Å². The summed E-state index contributed by atoms with van der Waals surface area (Å²) in [5.41, 5.74) is 0. The highest BCUT2D eigenvalue weighted by molar-refractivity contribution is 5.71. The van der Waals surface area contributed by atoms with E-state index in [0.29, 0.717) is 19.3 Å². The molecule has 0 aromatic carbocycles. The zero-order chi connectivity index (χ0) is 59.2. The van der Waals surface area contributed by atoms with Crippen LogP contribution in [-0.2, 0) is 28.6 Å². The van der Waals surface area contributed by atoms with Gasteiger partial charge in [-0.3, -0.25) is 14.4 Å². The maximum Gasteiger partial charge on any atom is 0.306 e. The molecule has 0 heterocycles. The van der Waals surface area contributed by atoms with E-state index in [1.807, 2.05) is 0 Å². The predicted molar refractivity (Wildman–Crippen MR) is 357 cm³/mol. The van der Waals surface area contributed by atoms with Gasteiger partial charge in [-0.1, -0.05) is 282 Å². The normalized spacial score (nSPS) is 13.1. The summed E-state index contributed by atoms with van der Waals surface area (Å²) in [4.78, 5) is 38.3. The topological polar surface area (TPSA) is 78.9 Å². The smallest absolute Gasteiger partial charge is 0.306 e. The molecule has 0 aliphatic rings. The fraction of sp³-hybridized carbons (Fsp3) is 0.645. The Morgan fingerprint density at radius 1 is 0.256 bits per heavy atom. The van der Waals surface area contributed by atoms with Gasteiger partial charge in [0, 0.05) is 19.3 Å². The van der Waals surface area contributed by atoms with E-state index in [1.54, 1.807) is 0 Å². The van der Waals surface area contributed by atoms with Crippen LogP contribution in [0.25, 0.3) is 0 Å². The maximum absolute atomic E-state index is 12.9. The molecular weight excluding hydrogens is 1010 g/mol. The van der Waals surface area contributed by atoms with Gasteiger partial charge in [0.15, 0.2) is 6.10 Å². The molecule has 0 aromatic heterocycles. The molecule has 1 atom stereocenters. The predicted octanol–water partition coefficient (Wildman–Crippen LogP) is 23.5. The zero-order valence-electron chi connectivity index (χ0n) is 53.2. The van der Waals surface area contributed by atoms with Crippen molar-refractivity contribution >= 4 is 17.9 Å². The molecule has 0 rings (SSSR count). The van der Waals surface area contributed by atoms with E-state index >= 15 is 0 Å². The van der Waals surface area contributed by atoms with E-state index in [1.165, 1.54) is 103 Å². The summed E-state index contributed by atoms with van der Waals surface area (Å²) < 4.78 is 16.9. The van der Waals surface area contributed by atoms with E-state index in [-0.39, 0.29) is 31.1 Å². The van der Waals surface area contributed by atoms with Gasteiger partial charge >= 0.3 is 17.9 Å². The van der Waals surface area contributed by atoms with Crippen LogP contribution in [0.15, 0.2) is 146 Å². The molecule has 0 aliphatic heterocycles. The van der Waals surface area contributed by atoms with Crippen LogP contribution in [-0.4, -0.2) is 37.2 Å². The molecule has 0 fully saturated rings. The standard InChI is InChI=1S/C76H124O6/c1-4-7-10-13-16-19-22-25-28-30-31-32-33-34-35-36-37-38-39-40-41-42-43-44-45-47-48-51-54-57-60-63-66-69-75(78)81-72-73(71-80-74(77)68-65-62-59-56-53-50-27-24-21-18-15-12-9-6-3)82-76(79)70-67-64-61-58-55-52-49-46-29-26-23-20-17-14-11-8-5-2/h7-8,10-11,16-17,19-20,24-29,31-32,34-35,37-38,40-41,49,52,73H,4-6,9,12-15,18,21-23,30,33,36,39,42-48,50-51,53-72H2,1-3H3/b10-7-,11-8-,19-16-,20-17-,27-24-,28-25-,29-26-,32-31-,35-34-,38-37-,41-40-,52-49-. The minimum absolute atomic E-state index is 0.0954. The van der Waals surface area contributed by atoms with Gasteiger partial charge in [-0.05, 0) is 141 Å². The van der Waals surface area contributed by atoms with Crippen LogP contribution in [0, 0.1) is 0 Å². The highest BCUT2D eigenvalue weighted by Gasteiger charge is 2.19. The first-order valence-corrected chi connectivity index (χ1v) is 33.8. The summed E-state index contributed by atoms with van der Waals surface area (Å²) in [6.45, 7) is 6.38. The minimum Gasteiger partial charge on any atom is -0.462 e. The van der Waals surface area contributed by atoms with E-state index in [2.05, 4.69) is 167 Å². The molecule has 0 bridgehead atoms. The largest absolute Gasteiger partial charge is 0.462 e. The van der Waals surface area contributed by atoms with Crippen molar-refractivity contribution in [3.63, 3.8) is 0 Å². The Kier molecular flexibility index (Phi) is 64.8. The van der Waals surface area contributed by atoms with Crippen molar-refractivity contribution in [1.29, 1.82) is 0 Å². The summed E-state index contributed by atoms with van der Waals surface area (Å²) in [6, 6.07) is 0. The lowest BCUT2D eigenvalue weighted by atomic mass is 10.0. The number of carbonyl (C=O) groups excluding carboxylic acids is 3. The lowest BCUT2D eigenvalue weighted by Gasteiger charge is -2.18. The van der Waals surface area contributed by atoms with Crippen molar-refractivity contribution in [2.24, 2.45) is 0 Å². The number of esters is 3. The number of hydrogen-bond acceptors (Lipinski definition) is 6. The summed E-state index contributed by atoms with van der Waals surface area (Å²) in [5, 5.41) is 0. The molecule has 1 unspecified atom stereocenters. The summed E-state index contributed by atoms with van der Waals surface area (Å²) in [6.07, 6.45) is 98.6. The Bertz CT molecular complexity index is 1780. The summed E-state index contributed by atoms with van der Waals surface area (Å²) >= 11 is 0. The summed E-state index contributed by atoms with van der Waals surface area (Å²) in [5.74, 6) is -0.928. The number of unbranched alkanes of at least 4 members (excludes halogenated alkanes) is 25. The van der Waals surface area contributed by atoms with E-state index in [4.69, 9.17) is 14.2 Å². The van der Waals surface area contributed by atoms with Gasteiger partial charge in [-0.15, -0.1) is 0 Å². The lowest BCUT2D eigenvalue weighted by molar-refractivity contribution is -0.167. The third-order valence-corrected chi connectivity index (χ3v) is 14.1. The van der Waals surface area contributed by atoms with Gasteiger partial charge in [0.2, 0.25) is 0 Å². The van der Waals surface area contributed by atoms with Crippen molar-refractivity contribution in [2.75, 3.05) is 13.2 Å². The SMILES string of the molecule is CC/C=C\C/C=C\C/C=C\C/C=C\C/C=C\C/C=C\C/C=C\CCCCCCCCCCCCCC(=O)OCC(COC(=O)CCCCCCC/C=C\CCCCCCC)OC(=O)CCCCCC/C=C\C/C=C\C/C=C\C/C=C\CC. The molecule has 0 spiro atoms. The Balaban J connectivity index is 4.30. The summed E-state index contributed by atoms with van der Waals surface area (Å²) in [7, 11) is 0. The third kappa shape index (κ3) is 66.1. The average Bonchev–Trinajstić information content (AvgIpc) is 3.47. The van der Waals surface area contributed by atoms with Gasteiger partial charge in [-0.25, -0.2) is 0 Å². The van der Waals surface area contributed by atoms with Crippen LogP contribution >= 0.6 is 0 Å². The molecule has 464 valence electrons. The van der Waals surface area contributed by atoms with Crippen molar-refractivity contribution in [1.82, 2.24) is 0 Å². The molecule has 0 radical (unpaired) electrons. The number of carbonyl (C=O) groups is 3. The molecule has 0 saturated heterocycles. The molecule has 0 amide bonds. The first-order chi connectivity index (χ1) is 40.5. The molecule has 82 heavy (non-hydrogen) atoms. The molecular formula is C76H124O6. The van der Waals surface area contributed by atoms with Crippen molar-refractivity contribution in [3.8, 4) is 0 Å². The quantitative estimate of drug-likeness (QED) is 0.0261. The van der Waals surface area contributed by atoms with Crippen LogP contribution in [0.3, 0.4) is 0 Å². The first kappa shape index (κ1) is 77.3. The van der Waals surface area contributed by atoms with Crippen molar-refractivity contribution in [2.45, 2.75) is 303 Å². The van der Waals surface area contributed by atoms with Crippen LogP contribution in [0.4, 0.5) is 0 Å². The number of ether oxygens (including phenoxy) is 3. The second-order valence-corrected chi connectivity index (χ2v) is 22.0. The number of rotatable bonds is 60. The van der Waals surface area contributed by atoms with Crippen LogP contribution in [0.5, 0.6) is 0 Å². The molecule has 0 aromatic rings. The van der Waals surface area contributed by atoms with Crippen molar-refractivity contribution < 1.29 is 28.6 Å². The maximum atomic E-state index is 12.9. The fourth-order valence-electron chi connectivity index (χ4n) is 9.06. The second kappa shape index (κ2) is 68.8. The Hall–Kier alpha value is -4.71. The van der Waals surface area contributed by atoms with Crippen LogP contribution in [0.1, 0.15) is 297 Å². The van der Waals surface area contributed by atoms with Gasteiger partial charge in [0.1, 0.15) is 13.2 Å². The van der Waals surface area contributed by atoms with Gasteiger partial charge in [0.25, 0.3) is 0 Å². The van der Waals surface area contributed by atoms with E-state index in [9.17, 15) is 14.4 Å². The fourth-order valence-corrected chi connectivity index (χ4v) is 9.06. The first-order valence-electron chi connectivity index (χ1n) is 33.8. The average molecular weight is 1130 g/mol. The number of hydrogen-bond donors (Lipinski definition) is 0. The Morgan fingerprint density at radius 2 is 0.476 bits per heavy atom. The van der Waals surface area contributed by atoms with E-state index < -0.39 is 6.10 Å². The second-order valence-electron chi connectivity index (χ2n) is 22.0. The monoisotopic (exact) mass is 1130 g/mol. The minimum atomic E-state index is -0.801. The highest BCUT2D eigenvalue weighted by Crippen LogP contribution is 2.15. The van der Waals surface area contributed by atoms with Gasteiger partial charge < -0.3 is 14.2 Å². The van der Waals surface area contributed by atoms with E-state index in [0.717, 1.165) is 154 Å². The van der Waals surface area contributed by atoms with Crippen LogP contribution < -0.4 is 0 Å². The zero-order valence-corrected chi connectivity index (χ0v) is 53.2. The van der Waals surface area contributed by atoms with Gasteiger partial charge in [0.05, 0.1) is 0 Å². The lowest BCUT2D eigenvalue weighted by Crippen LogP contribution is -2.30.